The maximum atomic E-state index is 10.8. The molecule has 0 heterocycles. The molecular weight excluding hydrogens is 212 g/mol. The number of nitrogen functional groups attached to an aromatic ring is 1. The van der Waals surface area contributed by atoms with E-state index in [0.29, 0.717) is 6.54 Å². The summed E-state index contributed by atoms with van der Waals surface area (Å²) in [4.78, 5) is 10.8. The molecule has 0 aliphatic heterocycles. The molecule has 2 rings (SSSR count). The third-order valence-electron chi connectivity index (χ3n) is 2.76. The van der Waals surface area contributed by atoms with Crippen molar-refractivity contribution in [3.8, 4) is 0 Å². The van der Waals surface area contributed by atoms with Crippen LogP contribution in [0.5, 0.6) is 0 Å². The summed E-state index contributed by atoms with van der Waals surface area (Å²) >= 11 is 0. The van der Waals surface area contributed by atoms with Crippen molar-refractivity contribution in [2.24, 2.45) is 0 Å². The summed E-state index contributed by atoms with van der Waals surface area (Å²) in [5, 5.41) is 5.15. The number of benzene rings is 2. The van der Waals surface area contributed by atoms with Crippen LogP contribution >= 0.6 is 0 Å². The maximum absolute atomic E-state index is 10.8. The number of anilines is 1. The van der Waals surface area contributed by atoms with Crippen molar-refractivity contribution in [3.05, 3.63) is 42.0 Å². The predicted octanol–water partition coefficient (Wildman–Crippen LogP) is 2.10. The van der Waals surface area contributed by atoms with E-state index in [9.17, 15) is 4.79 Å². The predicted molar refractivity (Wildman–Crippen MR) is 70.7 cm³/mol. The molecule has 0 saturated heterocycles. The number of carbonyl (C=O) groups is 1. The summed E-state index contributed by atoms with van der Waals surface area (Å²) in [7, 11) is 0. The molecule has 0 unspecified atom stereocenters. The Hall–Kier alpha value is -2.03. The molecule has 0 aliphatic rings. The van der Waals surface area contributed by atoms with E-state index >= 15 is 0 Å². The van der Waals surface area contributed by atoms with Crippen LogP contribution in [-0.2, 0) is 11.2 Å². The Balaban J connectivity index is 2.27. The molecule has 2 aromatic carbocycles. The Bertz CT molecular complexity index is 549. The van der Waals surface area contributed by atoms with Crippen molar-refractivity contribution >= 4 is 22.4 Å². The summed E-state index contributed by atoms with van der Waals surface area (Å²) < 4.78 is 0. The molecule has 88 valence electrons. The average Bonchev–Trinajstić information content (AvgIpc) is 2.29. The standard InChI is InChI=1S/C14H16N2O/c1-10(17)16-8-7-12-4-2-3-11-5-6-13(15)9-14(11)12/h2-6,9H,7-8,15H2,1H3,(H,16,17). The van der Waals surface area contributed by atoms with Gasteiger partial charge in [-0.05, 0) is 34.9 Å². The fourth-order valence-corrected chi connectivity index (χ4v) is 1.95. The Morgan fingerprint density at radius 3 is 2.88 bits per heavy atom. The quantitative estimate of drug-likeness (QED) is 0.790. The summed E-state index contributed by atoms with van der Waals surface area (Å²) in [5.41, 5.74) is 7.78. The first-order valence-electron chi connectivity index (χ1n) is 5.68. The topological polar surface area (TPSA) is 55.1 Å². The van der Waals surface area contributed by atoms with Gasteiger partial charge in [0.05, 0.1) is 0 Å². The van der Waals surface area contributed by atoms with Crippen molar-refractivity contribution in [2.75, 3.05) is 12.3 Å². The molecule has 0 saturated carbocycles. The van der Waals surface area contributed by atoms with Gasteiger partial charge in [-0.1, -0.05) is 24.3 Å². The molecule has 1 amide bonds. The lowest BCUT2D eigenvalue weighted by molar-refractivity contribution is -0.118. The number of nitrogens with two attached hydrogens (primary N) is 1. The Morgan fingerprint density at radius 1 is 1.29 bits per heavy atom. The highest BCUT2D eigenvalue weighted by atomic mass is 16.1. The zero-order valence-corrected chi connectivity index (χ0v) is 9.86. The molecule has 3 nitrogen and oxygen atoms in total. The van der Waals surface area contributed by atoms with E-state index in [-0.39, 0.29) is 5.91 Å². The fourth-order valence-electron chi connectivity index (χ4n) is 1.95. The third kappa shape index (κ3) is 2.75. The number of carbonyl (C=O) groups excluding carboxylic acids is 1. The molecule has 0 fully saturated rings. The minimum Gasteiger partial charge on any atom is -0.399 e. The van der Waals surface area contributed by atoms with Crippen LogP contribution in [0, 0.1) is 0 Å². The first-order chi connectivity index (χ1) is 8.16. The molecule has 3 heteroatoms. The van der Waals surface area contributed by atoms with Crippen molar-refractivity contribution in [2.45, 2.75) is 13.3 Å². The lowest BCUT2D eigenvalue weighted by Crippen LogP contribution is -2.22. The highest BCUT2D eigenvalue weighted by Gasteiger charge is 2.01. The van der Waals surface area contributed by atoms with E-state index in [2.05, 4.69) is 17.4 Å². The van der Waals surface area contributed by atoms with Crippen LogP contribution in [0.2, 0.25) is 0 Å². The van der Waals surface area contributed by atoms with Gasteiger partial charge in [0, 0.05) is 19.2 Å². The van der Waals surface area contributed by atoms with Crippen molar-refractivity contribution in [1.29, 1.82) is 0 Å². The lowest BCUT2D eigenvalue weighted by atomic mass is 10.0. The fraction of sp³-hybridized carbons (Fsp3) is 0.214. The Kier molecular flexibility index (Phi) is 3.28. The Labute approximate surface area is 101 Å². The molecular formula is C14H16N2O. The first-order valence-corrected chi connectivity index (χ1v) is 5.68. The van der Waals surface area contributed by atoms with Gasteiger partial charge in [0.2, 0.25) is 5.91 Å². The van der Waals surface area contributed by atoms with Crippen LogP contribution in [0.15, 0.2) is 36.4 Å². The molecule has 0 aliphatic carbocycles. The molecule has 0 radical (unpaired) electrons. The van der Waals surface area contributed by atoms with E-state index < -0.39 is 0 Å². The number of fused-ring (bicyclic) bond motifs is 1. The number of rotatable bonds is 3. The Morgan fingerprint density at radius 2 is 2.12 bits per heavy atom. The van der Waals surface area contributed by atoms with Crippen molar-refractivity contribution in [3.63, 3.8) is 0 Å². The molecule has 17 heavy (non-hydrogen) atoms. The van der Waals surface area contributed by atoms with Gasteiger partial charge >= 0.3 is 0 Å². The average molecular weight is 228 g/mol. The van der Waals surface area contributed by atoms with Gasteiger partial charge in [0.15, 0.2) is 0 Å². The summed E-state index contributed by atoms with van der Waals surface area (Å²) in [6, 6.07) is 12.1. The van der Waals surface area contributed by atoms with Gasteiger partial charge in [-0.15, -0.1) is 0 Å². The maximum Gasteiger partial charge on any atom is 0.216 e. The highest BCUT2D eigenvalue weighted by Crippen LogP contribution is 2.21. The summed E-state index contributed by atoms with van der Waals surface area (Å²) in [6.45, 7) is 2.18. The number of nitrogens with one attached hydrogen (secondary N) is 1. The molecule has 2 aromatic rings. The van der Waals surface area contributed by atoms with Crippen LogP contribution in [-0.4, -0.2) is 12.5 Å². The van der Waals surface area contributed by atoms with E-state index in [1.54, 1.807) is 0 Å². The van der Waals surface area contributed by atoms with E-state index in [1.165, 1.54) is 17.9 Å². The third-order valence-corrected chi connectivity index (χ3v) is 2.76. The molecule has 0 bridgehead atoms. The monoisotopic (exact) mass is 228 g/mol. The van der Waals surface area contributed by atoms with E-state index in [1.807, 2.05) is 24.3 Å². The molecule has 3 N–H and O–H groups in total. The van der Waals surface area contributed by atoms with Gasteiger partial charge in [0.25, 0.3) is 0 Å². The zero-order valence-electron chi connectivity index (χ0n) is 9.86. The van der Waals surface area contributed by atoms with Crippen LogP contribution in [0.3, 0.4) is 0 Å². The molecule has 0 spiro atoms. The van der Waals surface area contributed by atoms with Gasteiger partial charge in [-0.3, -0.25) is 4.79 Å². The molecule has 0 atom stereocenters. The SMILES string of the molecule is CC(=O)NCCc1cccc2ccc(N)cc12. The summed E-state index contributed by atoms with van der Waals surface area (Å²) in [5.74, 6) is 0.00440. The largest absolute Gasteiger partial charge is 0.399 e. The second-order valence-corrected chi connectivity index (χ2v) is 4.13. The van der Waals surface area contributed by atoms with Crippen molar-refractivity contribution < 1.29 is 4.79 Å². The van der Waals surface area contributed by atoms with Gasteiger partial charge in [-0.2, -0.15) is 0 Å². The lowest BCUT2D eigenvalue weighted by Gasteiger charge is -2.07. The number of amides is 1. The normalized spacial score (nSPS) is 10.4. The van der Waals surface area contributed by atoms with Gasteiger partial charge < -0.3 is 11.1 Å². The van der Waals surface area contributed by atoms with Crippen LogP contribution in [0.1, 0.15) is 12.5 Å². The van der Waals surface area contributed by atoms with Gasteiger partial charge in [0.1, 0.15) is 0 Å². The van der Waals surface area contributed by atoms with Crippen LogP contribution < -0.4 is 11.1 Å². The highest BCUT2D eigenvalue weighted by molar-refractivity contribution is 5.88. The minimum atomic E-state index is 0.00440. The second-order valence-electron chi connectivity index (χ2n) is 4.13. The number of hydrogen-bond acceptors (Lipinski definition) is 2. The smallest absolute Gasteiger partial charge is 0.216 e. The first kappa shape index (κ1) is 11.5. The van der Waals surface area contributed by atoms with Crippen LogP contribution in [0.25, 0.3) is 10.8 Å². The van der Waals surface area contributed by atoms with E-state index in [0.717, 1.165) is 17.5 Å². The van der Waals surface area contributed by atoms with E-state index in [4.69, 9.17) is 5.73 Å². The van der Waals surface area contributed by atoms with Crippen molar-refractivity contribution in [1.82, 2.24) is 5.32 Å². The molecule has 0 aromatic heterocycles. The zero-order chi connectivity index (χ0) is 12.3. The second kappa shape index (κ2) is 4.87. The summed E-state index contributed by atoms with van der Waals surface area (Å²) in [6.07, 6.45) is 0.820. The number of hydrogen-bond donors (Lipinski definition) is 2. The van der Waals surface area contributed by atoms with Crippen LogP contribution in [0.4, 0.5) is 5.69 Å². The van der Waals surface area contributed by atoms with Gasteiger partial charge in [-0.25, -0.2) is 0 Å². The minimum absolute atomic E-state index is 0.00440.